The standard InChI is InChI=1S/C18H17N5O3S/c1-10-11(2)27-17-15(10)16-21-23(18(25)22(16)9-19-17)8-14(24)20-12-6-4-5-7-13(12)26-3/h4-7,9H,8H2,1-3H3,(H,20,24). The van der Waals surface area contributed by atoms with Crippen molar-refractivity contribution in [1.82, 2.24) is 19.2 Å². The van der Waals surface area contributed by atoms with E-state index < -0.39 is 5.69 Å². The monoisotopic (exact) mass is 383 g/mol. The Labute approximate surface area is 158 Å². The topological polar surface area (TPSA) is 90.5 Å². The average Bonchev–Trinajstić information content (AvgIpc) is 3.12. The minimum absolute atomic E-state index is 0.206. The van der Waals surface area contributed by atoms with Crippen LogP contribution >= 0.6 is 11.3 Å². The fourth-order valence-corrected chi connectivity index (χ4v) is 3.94. The van der Waals surface area contributed by atoms with Crippen molar-refractivity contribution in [3.63, 3.8) is 0 Å². The van der Waals surface area contributed by atoms with Crippen LogP contribution in [0.25, 0.3) is 15.9 Å². The van der Waals surface area contributed by atoms with Crippen molar-refractivity contribution >= 4 is 38.8 Å². The van der Waals surface area contributed by atoms with Crippen molar-refractivity contribution in [1.29, 1.82) is 0 Å². The lowest BCUT2D eigenvalue weighted by Gasteiger charge is -2.09. The molecular weight excluding hydrogens is 366 g/mol. The second-order valence-electron chi connectivity index (χ2n) is 6.09. The van der Waals surface area contributed by atoms with Gasteiger partial charge in [0.05, 0.1) is 18.2 Å². The number of methoxy groups -OCH3 is 1. The summed E-state index contributed by atoms with van der Waals surface area (Å²) in [6, 6.07) is 7.08. The summed E-state index contributed by atoms with van der Waals surface area (Å²) in [5, 5.41) is 7.98. The average molecular weight is 383 g/mol. The number of carbonyl (C=O) groups is 1. The van der Waals surface area contributed by atoms with Gasteiger partial charge in [0.1, 0.15) is 23.5 Å². The highest BCUT2D eigenvalue weighted by molar-refractivity contribution is 7.18. The summed E-state index contributed by atoms with van der Waals surface area (Å²) >= 11 is 1.56. The summed E-state index contributed by atoms with van der Waals surface area (Å²) in [5.41, 5.74) is 1.69. The van der Waals surface area contributed by atoms with Gasteiger partial charge in [0.2, 0.25) is 5.91 Å². The molecule has 0 aliphatic heterocycles. The van der Waals surface area contributed by atoms with Gasteiger partial charge in [-0.2, -0.15) is 0 Å². The molecule has 4 rings (SSSR count). The van der Waals surface area contributed by atoms with Gasteiger partial charge in [0.25, 0.3) is 0 Å². The molecule has 4 aromatic rings. The molecule has 1 N–H and O–H groups in total. The van der Waals surface area contributed by atoms with Crippen LogP contribution in [-0.4, -0.2) is 32.2 Å². The summed E-state index contributed by atoms with van der Waals surface area (Å²) in [4.78, 5) is 31.3. The van der Waals surface area contributed by atoms with E-state index in [0.29, 0.717) is 17.1 Å². The molecule has 0 aliphatic rings. The lowest BCUT2D eigenvalue weighted by atomic mass is 10.2. The maximum absolute atomic E-state index is 12.6. The third-order valence-corrected chi connectivity index (χ3v) is 5.54. The molecule has 0 saturated carbocycles. The number of para-hydroxylation sites is 2. The summed E-state index contributed by atoms with van der Waals surface area (Å²) in [7, 11) is 1.53. The van der Waals surface area contributed by atoms with Crippen molar-refractivity contribution in [3.05, 3.63) is 51.5 Å². The Kier molecular flexibility index (Phi) is 4.15. The van der Waals surface area contributed by atoms with Gasteiger partial charge in [0.15, 0.2) is 5.65 Å². The summed E-state index contributed by atoms with van der Waals surface area (Å²) in [5.74, 6) is 0.177. The molecule has 3 aromatic heterocycles. The molecule has 9 heteroatoms. The van der Waals surface area contributed by atoms with Gasteiger partial charge >= 0.3 is 5.69 Å². The van der Waals surface area contributed by atoms with Gasteiger partial charge in [-0.25, -0.2) is 18.9 Å². The van der Waals surface area contributed by atoms with E-state index >= 15 is 0 Å². The van der Waals surface area contributed by atoms with E-state index in [1.807, 2.05) is 19.9 Å². The molecule has 0 saturated heterocycles. The van der Waals surface area contributed by atoms with E-state index in [4.69, 9.17) is 4.74 Å². The Morgan fingerprint density at radius 1 is 1.30 bits per heavy atom. The minimum Gasteiger partial charge on any atom is -0.495 e. The molecule has 1 aromatic carbocycles. The predicted molar refractivity (Wildman–Crippen MR) is 104 cm³/mol. The number of ether oxygens (including phenoxy) is 1. The van der Waals surface area contributed by atoms with E-state index in [9.17, 15) is 9.59 Å². The van der Waals surface area contributed by atoms with E-state index in [1.165, 1.54) is 17.8 Å². The first-order valence-corrected chi connectivity index (χ1v) is 9.08. The molecule has 8 nitrogen and oxygen atoms in total. The first-order valence-electron chi connectivity index (χ1n) is 8.26. The first kappa shape index (κ1) is 17.2. The van der Waals surface area contributed by atoms with E-state index in [2.05, 4.69) is 15.4 Å². The maximum atomic E-state index is 12.6. The number of carbonyl (C=O) groups excluding carboxylic acids is 1. The first-order chi connectivity index (χ1) is 13.0. The zero-order valence-corrected chi connectivity index (χ0v) is 15.8. The zero-order chi connectivity index (χ0) is 19.1. The van der Waals surface area contributed by atoms with Crippen molar-refractivity contribution in [2.75, 3.05) is 12.4 Å². The molecule has 0 unspecified atom stereocenters. The summed E-state index contributed by atoms with van der Waals surface area (Å²) < 4.78 is 7.74. The van der Waals surface area contributed by atoms with Crippen LogP contribution < -0.4 is 15.7 Å². The largest absolute Gasteiger partial charge is 0.495 e. The Morgan fingerprint density at radius 2 is 2.07 bits per heavy atom. The van der Waals surface area contributed by atoms with Crippen LogP contribution in [0.15, 0.2) is 35.4 Å². The van der Waals surface area contributed by atoms with Crippen molar-refractivity contribution in [3.8, 4) is 5.75 Å². The number of thiophene rings is 1. The number of anilines is 1. The summed E-state index contributed by atoms with van der Waals surface area (Å²) in [6.07, 6.45) is 1.46. The lowest BCUT2D eigenvalue weighted by Crippen LogP contribution is -2.28. The SMILES string of the molecule is COc1ccccc1NC(=O)Cn1nc2c3c(C)c(C)sc3ncn2c1=O. The Hall–Kier alpha value is -3.20. The van der Waals surface area contributed by atoms with Crippen molar-refractivity contribution in [2.24, 2.45) is 0 Å². The number of hydrogen-bond donors (Lipinski definition) is 1. The molecule has 0 atom stereocenters. The fraction of sp³-hybridized carbons (Fsp3) is 0.222. The molecule has 27 heavy (non-hydrogen) atoms. The number of rotatable bonds is 4. The smallest absolute Gasteiger partial charge is 0.352 e. The number of aromatic nitrogens is 4. The van der Waals surface area contributed by atoms with E-state index in [0.717, 1.165) is 25.3 Å². The molecular formula is C18H17N5O3S. The molecule has 0 radical (unpaired) electrons. The van der Waals surface area contributed by atoms with Crippen LogP contribution in [0.2, 0.25) is 0 Å². The highest BCUT2D eigenvalue weighted by Crippen LogP contribution is 2.30. The number of hydrogen-bond acceptors (Lipinski definition) is 6. The van der Waals surface area contributed by atoms with E-state index in [1.54, 1.807) is 29.5 Å². The third kappa shape index (κ3) is 2.85. The number of benzene rings is 1. The van der Waals surface area contributed by atoms with Crippen LogP contribution in [0.3, 0.4) is 0 Å². The number of nitrogens with one attached hydrogen (secondary N) is 1. The van der Waals surface area contributed by atoms with Crippen molar-refractivity contribution < 1.29 is 9.53 Å². The van der Waals surface area contributed by atoms with Gasteiger partial charge in [-0.15, -0.1) is 16.4 Å². The Morgan fingerprint density at radius 3 is 2.85 bits per heavy atom. The normalized spacial score (nSPS) is 11.2. The van der Waals surface area contributed by atoms with Gasteiger partial charge in [0, 0.05) is 4.88 Å². The molecule has 3 heterocycles. The van der Waals surface area contributed by atoms with Gasteiger partial charge in [-0.3, -0.25) is 4.79 Å². The number of amides is 1. The van der Waals surface area contributed by atoms with E-state index in [-0.39, 0.29) is 12.5 Å². The second kappa shape index (κ2) is 6.51. The second-order valence-corrected chi connectivity index (χ2v) is 7.29. The quantitative estimate of drug-likeness (QED) is 0.584. The van der Waals surface area contributed by atoms with Crippen LogP contribution in [0, 0.1) is 13.8 Å². The Bertz CT molecular complexity index is 1240. The lowest BCUT2D eigenvalue weighted by molar-refractivity contribution is -0.117. The predicted octanol–water partition coefficient (Wildman–Crippen LogP) is 2.37. The van der Waals surface area contributed by atoms with Crippen LogP contribution in [0.5, 0.6) is 5.75 Å². The third-order valence-electron chi connectivity index (χ3n) is 4.43. The molecule has 0 aliphatic carbocycles. The van der Waals surface area contributed by atoms with Crippen molar-refractivity contribution in [2.45, 2.75) is 20.4 Å². The minimum atomic E-state index is -0.405. The number of nitrogens with zero attached hydrogens (tertiary/aromatic N) is 4. The molecule has 1 amide bonds. The fourth-order valence-electron chi connectivity index (χ4n) is 2.94. The highest BCUT2D eigenvalue weighted by Gasteiger charge is 2.17. The Balaban J connectivity index is 1.70. The van der Waals surface area contributed by atoms with Gasteiger partial charge < -0.3 is 10.1 Å². The van der Waals surface area contributed by atoms with Crippen LogP contribution in [0.1, 0.15) is 10.4 Å². The molecule has 0 fully saturated rings. The highest BCUT2D eigenvalue weighted by atomic mass is 32.1. The van der Waals surface area contributed by atoms with Crippen LogP contribution in [0.4, 0.5) is 5.69 Å². The van der Waals surface area contributed by atoms with Gasteiger partial charge in [-0.05, 0) is 31.5 Å². The summed E-state index contributed by atoms with van der Waals surface area (Å²) in [6.45, 7) is 3.78. The van der Waals surface area contributed by atoms with Crippen LogP contribution in [-0.2, 0) is 11.3 Å². The maximum Gasteiger partial charge on any atom is 0.352 e. The number of fused-ring (bicyclic) bond motifs is 3. The zero-order valence-electron chi connectivity index (χ0n) is 15.0. The molecule has 0 spiro atoms. The van der Waals surface area contributed by atoms with Gasteiger partial charge in [-0.1, -0.05) is 12.1 Å². The molecule has 138 valence electrons. The number of aryl methyl sites for hydroxylation is 2. The molecule has 0 bridgehead atoms.